The van der Waals surface area contributed by atoms with Crippen LogP contribution < -0.4 is 5.73 Å². The molecule has 0 aromatic heterocycles. The number of thiol groups is 1. The Hall–Kier alpha value is -6.75. The number of fused-ring (bicyclic) bond motifs is 3. The van der Waals surface area contributed by atoms with E-state index in [-0.39, 0.29) is 0 Å². The number of hydrogen-bond acceptors (Lipinski definition) is 3. The number of aliphatic imine (C=N–C) groups is 2. The van der Waals surface area contributed by atoms with E-state index in [1.54, 1.807) is 0 Å². The van der Waals surface area contributed by atoms with Crippen LogP contribution in [-0.2, 0) is 5.41 Å². The summed E-state index contributed by atoms with van der Waals surface area (Å²) in [7, 11) is 0. The van der Waals surface area contributed by atoms with Crippen LogP contribution >= 0.6 is 12.6 Å². The Labute approximate surface area is 334 Å². The highest BCUT2D eigenvalue weighted by Gasteiger charge is 2.48. The predicted molar refractivity (Wildman–Crippen MR) is 236 cm³/mol. The van der Waals surface area contributed by atoms with Gasteiger partial charge in [-0.3, -0.25) is 4.99 Å². The van der Waals surface area contributed by atoms with E-state index >= 15 is 0 Å². The van der Waals surface area contributed by atoms with Crippen molar-refractivity contribution in [3.63, 3.8) is 0 Å². The molecule has 0 heterocycles. The van der Waals surface area contributed by atoms with Crippen molar-refractivity contribution in [3.05, 3.63) is 240 Å². The number of nitrogens with zero attached hydrogens (tertiary/aromatic N) is 2. The summed E-state index contributed by atoms with van der Waals surface area (Å²) >= 11 is 5.18. The highest BCUT2D eigenvalue weighted by Crippen LogP contribution is 2.60. The number of nitrogens with two attached hydrogens (primary N) is 1. The zero-order valence-electron chi connectivity index (χ0n) is 30.7. The molecule has 0 radical (unpaired) electrons. The maximum absolute atomic E-state index is 7.42. The molecule has 0 bridgehead atoms. The monoisotopic (exact) mass is 737 g/mol. The quantitative estimate of drug-likeness (QED) is 0.0865. The standard InChI is InChI=1S/C52H39N3S/c53-51(49(54-35-36-19-6-1-7-20-36)45-31-18-30-42(50(45)56)38-23-10-3-11-24-38)55-48-41(37-21-8-2-9-22-37)33-34-44-43-29-16-17-32-46(43)52(47(44)48,39-25-12-4-13-26-39)40-27-14-5-15-28-40/h1-35,49,56H,(H2,53,55). The first-order valence-electron chi connectivity index (χ1n) is 18.9. The van der Waals surface area contributed by atoms with Crippen molar-refractivity contribution >= 4 is 30.4 Å². The van der Waals surface area contributed by atoms with Gasteiger partial charge in [0.25, 0.3) is 0 Å². The molecule has 1 atom stereocenters. The van der Waals surface area contributed by atoms with Gasteiger partial charge in [0.15, 0.2) is 0 Å². The van der Waals surface area contributed by atoms with E-state index in [2.05, 4.69) is 152 Å². The lowest BCUT2D eigenvalue weighted by molar-refractivity contribution is 0.769. The minimum Gasteiger partial charge on any atom is -0.385 e. The molecule has 0 fully saturated rings. The maximum atomic E-state index is 7.42. The molecule has 1 unspecified atom stereocenters. The lowest BCUT2D eigenvalue weighted by Crippen LogP contribution is -2.29. The molecule has 2 N–H and O–H groups in total. The van der Waals surface area contributed by atoms with Gasteiger partial charge in [-0.25, -0.2) is 4.99 Å². The fraction of sp³-hybridized carbons (Fsp3) is 0.0385. The van der Waals surface area contributed by atoms with Gasteiger partial charge in [0, 0.05) is 22.2 Å². The molecule has 0 saturated heterocycles. The second-order valence-corrected chi connectivity index (χ2v) is 14.5. The van der Waals surface area contributed by atoms with E-state index in [4.69, 9.17) is 28.3 Å². The molecule has 9 rings (SSSR count). The predicted octanol–water partition coefficient (Wildman–Crippen LogP) is 12.5. The topological polar surface area (TPSA) is 50.7 Å². The summed E-state index contributed by atoms with van der Waals surface area (Å²) in [6.07, 6.45) is 1.89. The zero-order valence-corrected chi connectivity index (χ0v) is 31.6. The lowest BCUT2D eigenvalue weighted by atomic mass is 9.67. The van der Waals surface area contributed by atoms with E-state index < -0.39 is 11.5 Å². The molecule has 0 saturated carbocycles. The van der Waals surface area contributed by atoms with E-state index in [1.807, 2.05) is 60.8 Å². The summed E-state index contributed by atoms with van der Waals surface area (Å²) < 4.78 is 0. The minimum absolute atomic E-state index is 0.370. The number of benzene rings is 8. The van der Waals surface area contributed by atoms with E-state index in [9.17, 15) is 0 Å². The molecule has 8 aromatic rings. The highest BCUT2D eigenvalue weighted by atomic mass is 32.1. The van der Waals surface area contributed by atoms with Crippen molar-refractivity contribution in [2.45, 2.75) is 16.4 Å². The van der Waals surface area contributed by atoms with E-state index in [0.717, 1.165) is 66.2 Å². The van der Waals surface area contributed by atoms with Gasteiger partial charge >= 0.3 is 0 Å². The third-order valence-corrected chi connectivity index (χ3v) is 11.3. The van der Waals surface area contributed by atoms with Gasteiger partial charge < -0.3 is 5.73 Å². The summed E-state index contributed by atoms with van der Waals surface area (Å²) in [4.78, 5) is 11.6. The van der Waals surface area contributed by atoms with Gasteiger partial charge in [-0.05, 0) is 55.6 Å². The maximum Gasteiger partial charge on any atom is 0.133 e. The number of amidine groups is 1. The summed E-state index contributed by atoms with van der Waals surface area (Å²) in [5.41, 5.74) is 20.4. The lowest BCUT2D eigenvalue weighted by Gasteiger charge is -2.35. The van der Waals surface area contributed by atoms with Crippen LogP contribution in [0, 0.1) is 0 Å². The second kappa shape index (κ2) is 15.2. The molecule has 56 heavy (non-hydrogen) atoms. The van der Waals surface area contributed by atoms with Crippen LogP contribution in [-0.4, -0.2) is 12.1 Å². The van der Waals surface area contributed by atoms with Crippen LogP contribution in [0.2, 0.25) is 0 Å². The van der Waals surface area contributed by atoms with Crippen LogP contribution in [0.5, 0.6) is 0 Å². The molecule has 0 spiro atoms. The fourth-order valence-corrected chi connectivity index (χ4v) is 8.72. The Morgan fingerprint density at radius 1 is 0.500 bits per heavy atom. The average molecular weight is 738 g/mol. The fourth-order valence-electron chi connectivity index (χ4n) is 8.32. The Morgan fingerprint density at radius 3 is 1.62 bits per heavy atom. The van der Waals surface area contributed by atoms with Crippen molar-refractivity contribution in [2.75, 3.05) is 0 Å². The highest BCUT2D eigenvalue weighted by molar-refractivity contribution is 7.80. The summed E-state index contributed by atoms with van der Waals surface area (Å²) in [6.45, 7) is 0. The zero-order chi connectivity index (χ0) is 37.9. The van der Waals surface area contributed by atoms with Crippen molar-refractivity contribution in [3.8, 4) is 33.4 Å². The van der Waals surface area contributed by atoms with Crippen molar-refractivity contribution in [2.24, 2.45) is 15.7 Å². The largest absolute Gasteiger partial charge is 0.385 e. The van der Waals surface area contributed by atoms with Gasteiger partial charge in [0.2, 0.25) is 0 Å². The molecule has 3 nitrogen and oxygen atoms in total. The molecule has 8 aromatic carbocycles. The first-order valence-corrected chi connectivity index (χ1v) is 19.3. The molecule has 1 aliphatic rings. The van der Waals surface area contributed by atoms with Crippen molar-refractivity contribution < 1.29 is 0 Å². The summed E-state index contributed by atoms with van der Waals surface area (Å²) in [6, 6.07) is 71.3. The van der Waals surface area contributed by atoms with Crippen LogP contribution in [0.1, 0.15) is 39.4 Å². The van der Waals surface area contributed by atoms with Gasteiger partial charge in [-0.15, -0.1) is 12.6 Å². The van der Waals surface area contributed by atoms with Crippen molar-refractivity contribution in [1.29, 1.82) is 0 Å². The van der Waals surface area contributed by atoms with Gasteiger partial charge in [-0.2, -0.15) is 0 Å². The van der Waals surface area contributed by atoms with Crippen LogP contribution in [0.4, 0.5) is 5.69 Å². The molecule has 4 heteroatoms. The molecule has 0 amide bonds. The van der Waals surface area contributed by atoms with Crippen LogP contribution in [0.25, 0.3) is 33.4 Å². The average Bonchev–Trinajstić information content (AvgIpc) is 3.57. The molecule has 268 valence electrons. The van der Waals surface area contributed by atoms with Crippen LogP contribution in [0.3, 0.4) is 0 Å². The summed E-state index contributed by atoms with van der Waals surface area (Å²) in [5.74, 6) is 0.370. The normalized spacial score (nSPS) is 13.6. The molecule has 0 aliphatic heterocycles. The SMILES string of the molecule is NC(=Nc1c(-c2ccccc2)ccc2c1C(c1ccccc1)(c1ccccc1)c1ccccc1-2)C(N=Cc1ccccc1)c1cccc(-c2ccccc2)c1S. The van der Waals surface area contributed by atoms with Gasteiger partial charge in [-0.1, -0.05) is 206 Å². The number of hydrogen-bond donors (Lipinski definition) is 2. The second-order valence-electron chi connectivity index (χ2n) is 14.0. The molecular formula is C52H39N3S. The Bertz CT molecular complexity index is 2650. The minimum atomic E-state index is -0.691. The Kier molecular flexibility index (Phi) is 9.48. The number of rotatable bonds is 9. The van der Waals surface area contributed by atoms with Gasteiger partial charge in [0.05, 0.1) is 11.1 Å². The molecular weight excluding hydrogens is 699 g/mol. The Balaban J connectivity index is 1.35. The third-order valence-electron chi connectivity index (χ3n) is 10.8. The van der Waals surface area contributed by atoms with Crippen LogP contribution in [0.15, 0.2) is 221 Å². The Morgan fingerprint density at radius 2 is 1.00 bits per heavy atom. The molecule has 1 aliphatic carbocycles. The first kappa shape index (κ1) is 35.0. The van der Waals surface area contributed by atoms with Crippen molar-refractivity contribution in [1.82, 2.24) is 0 Å². The van der Waals surface area contributed by atoms with Gasteiger partial charge in [0.1, 0.15) is 11.9 Å². The summed E-state index contributed by atoms with van der Waals surface area (Å²) in [5, 5.41) is 0. The van der Waals surface area contributed by atoms with E-state index in [0.29, 0.717) is 5.84 Å². The first-order chi connectivity index (χ1) is 27.6. The third kappa shape index (κ3) is 6.14. The smallest absolute Gasteiger partial charge is 0.133 e. The van der Waals surface area contributed by atoms with E-state index in [1.165, 1.54) is 11.1 Å².